The number of morpholine rings is 1. The van der Waals surface area contributed by atoms with Gasteiger partial charge in [0.05, 0.1) is 18.8 Å². The minimum absolute atomic E-state index is 0.168. The number of hydrogen-bond acceptors (Lipinski definition) is 6. The smallest absolute Gasteiger partial charge is 0.334 e. The maximum Gasteiger partial charge on any atom is 0.334 e. The Bertz CT molecular complexity index is 553. The van der Waals surface area contributed by atoms with Crippen molar-refractivity contribution in [2.75, 3.05) is 24.6 Å². The van der Waals surface area contributed by atoms with E-state index >= 15 is 0 Å². The molecule has 0 radical (unpaired) electrons. The first-order valence-corrected chi connectivity index (χ1v) is 5.88. The predicted octanol–water partition coefficient (Wildman–Crippen LogP) is 0.255. The van der Waals surface area contributed by atoms with E-state index in [2.05, 4.69) is 16.3 Å². The molecule has 1 aliphatic rings. The van der Waals surface area contributed by atoms with Gasteiger partial charge in [-0.05, 0) is 19.4 Å². The third-order valence-corrected chi connectivity index (χ3v) is 3.19. The van der Waals surface area contributed by atoms with Crippen LogP contribution in [0.25, 0.3) is 0 Å². The molecule has 1 fully saturated rings. The van der Waals surface area contributed by atoms with Gasteiger partial charge in [-0.2, -0.15) is 10.4 Å². The lowest BCUT2D eigenvalue weighted by atomic mass is 10.1. The fourth-order valence-electron chi connectivity index (χ4n) is 1.94. The molecular formula is C12H14N4O3. The number of carbonyl (C=O) groups is 1. The van der Waals surface area contributed by atoms with E-state index in [4.69, 9.17) is 9.84 Å². The Kier molecular flexibility index (Phi) is 3.62. The summed E-state index contributed by atoms with van der Waals surface area (Å²) in [5.74, 6) is -0.583. The van der Waals surface area contributed by atoms with Crippen LogP contribution in [0.2, 0.25) is 0 Å². The van der Waals surface area contributed by atoms with Crippen molar-refractivity contribution in [3.8, 4) is 6.07 Å². The largest absolute Gasteiger partial charge is 0.479 e. The Morgan fingerprint density at radius 2 is 2.26 bits per heavy atom. The topological polar surface area (TPSA) is 99.3 Å². The lowest BCUT2D eigenvalue weighted by Gasteiger charge is -2.32. The molecule has 0 amide bonds. The normalized spacial score (nSPS) is 19.0. The maximum atomic E-state index is 11.0. The van der Waals surface area contributed by atoms with Gasteiger partial charge in [-0.15, -0.1) is 5.10 Å². The minimum atomic E-state index is -1.01. The number of aliphatic carboxylic acids is 1. The molecule has 19 heavy (non-hydrogen) atoms. The second-order valence-electron chi connectivity index (χ2n) is 4.36. The zero-order chi connectivity index (χ0) is 14.0. The van der Waals surface area contributed by atoms with E-state index in [9.17, 15) is 10.1 Å². The molecular weight excluding hydrogens is 248 g/mol. The van der Waals surface area contributed by atoms with E-state index < -0.39 is 12.1 Å². The molecule has 1 aromatic heterocycles. The average Bonchev–Trinajstić information content (AvgIpc) is 2.41. The average molecular weight is 262 g/mol. The van der Waals surface area contributed by atoms with Crippen molar-refractivity contribution in [1.29, 1.82) is 5.26 Å². The van der Waals surface area contributed by atoms with Gasteiger partial charge in [0, 0.05) is 6.54 Å². The van der Waals surface area contributed by atoms with Crippen molar-refractivity contribution in [2.24, 2.45) is 0 Å². The summed E-state index contributed by atoms with van der Waals surface area (Å²) in [5.41, 5.74) is 1.91. The van der Waals surface area contributed by atoms with Crippen molar-refractivity contribution in [1.82, 2.24) is 10.2 Å². The molecule has 7 nitrogen and oxygen atoms in total. The number of nitriles is 1. The third-order valence-electron chi connectivity index (χ3n) is 3.19. The Balaban J connectivity index is 2.34. The summed E-state index contributed by atoms with van der Waals surface area (Å²) < 4.78 is 5.15. The van der Waals surface area contributed by atoms with Crippen LogP contribution < -0.4 is 4.90 Å². The fraction of sp³-hybridized carbons (Fsp3) is 0.500. The van der Waals surface area contributed by atoms with E-state index in [-0.39, 0.29) is 13.2 Å². The van der Waals surface area contributed by atoms with Gasteiger partial charge in [0.15, 0.2) is 11.9 Å². The number of carboxylic acids is 1. The van der Waals surface area contributed by atoms with E-state index in [1.54, 1.807) is 18.7 Å². The summed E-state index contributed by atoms with van der Waals surface area (Å²) in [6.45, 7) is 4.54. The molecule has 0 aromatic carbocycles. The SMILES string of the molecule is Cc1nnc(N2CCOC(C(=O)O)C2)c(C#N)c1C. The lowest BCUT2D eigenvalue weighted by Crippen LogP contribution is -2.46. The highest BCUT2D eigenvalue weighted by molar-refractivity contribution is 5.74. The number of anilines is 1. The van der Waals surface area contributed by atoms with E-state index in [1.165, 1.54) is 0 Å². The summed E-state index contributed by atoms with van der Waals surface area (Å²) in [7, 11) is 0. The van der Waals surface area contributed by atoms with Crippen LogP contribution in [0.4, 0.5) is 5.82 Å². The molecule has 1 aromatic rings. The zero-order valence-corrected chi connectivity index (χ0v) is 10.8. The van der Waals surface area contributed by atoms with Crippen LogP contribution in [-0.2, 0) is 9.53 Å². The van der Waals surface area contributed by atoms with Gasteiger partial charge in [-0.25, -0.2) is 4.79 Å². The molecule has 1 unspecified atom stereocenters. The van der Waals surface area contributed by atoms with Crippen LogP contribution in [0.15, 0.2) is 0 Å². The summed E-state index contributed by atoms with van der Waals surface area (Å²) in [5, 5.41) is 26.2. The molecule has 2 rings (SSSR count). The molecule has 0 saturated carbocycles. The monoisotopic (exact) mass is 262 g/mol. The van der Waals surface area contributed by atoms with Crippen molar-refractivity contribution in [2.45, 2.75) is 20.0 Å². The van der Waals surface area contributed by atoms with Gasteiger partial charge in [-0.1, -0.05) is 0 Å². The second kappa shape index (κ2) is 5.20. The first-order valence-electron chi connectivity index (χ1n) is 5.88. The second-order valence-corrected chi connectivity index (χ2v) is 4.36. The highest BCUT2D eigenvalue weighted by Crippen LogP contribution is 2.23. The third kappa shape index (κ3) is 2.48. The molecule has 1 saturated heterocycles. The Morgan fingerprint density at radius 1 is 1.53 bits per heavy atom. The molecule has 0 bridgehead atoms. The lowest BCUT2D eigenvalue weighted by molar-refractivity contribution is -0.150. The molecule has 1 atom stereocenters. The van der Waals surface area contributed by atoms with Gasteiger partial charge < -0.3 is 14.7 Å². The van der Waals surface area contributed by atoms with Crippen LogP contribution in [0, 0.1) is 25.2 Å². The maximum absolute atomic E-state index is 11.0. The first kappa shape index (κ1) is 13.2. The number of aromatic nitrogens is 2. The molecule has 0 aliphatic carbocycles. The van der Waals surface area contributed by atoms with E-state index in [0.29, 0.717) is 23.6 Å². The van der Waals surface area contributed by atoms with Crippen LogP contribution >= 0.6 is 0 Å². The number of carboxylic acid groups (broad SMARTS) is 1. The van der Waals surface area contributed by atoms with Crippen LogP contribution in [0.5, 0.6) is 0 Å². The molecule has 7 heteroatoms. The number of hydrogen-bond donors (Lipinski definition) is 1. The molecule has 1 aliphatic heterocycles. The van der Waals surface area contributed by atoms with Crippen molar-refractivity contribution in [3.05, 3.63) is 16.8 Å². The van der Waals surface area contributed by atoms with E-state index in [0.717, 1.165) is 5.56 Å². The van der Waals surface area contributed by atoms with Crippen molar-refractivity contribution < 1.29 is 14.6 Å². The molecule has 1 N–H and O–H groups in total. The molecule has 2 heterocycles. The highest BCUT2D eigenvalue weighted by atomic mass is 16.5. The number of ether oxygens (including phenoxy) is 1. The van der Waals surface area contributed by atoms with E-state index in [1.807, 2.05) is 0 Å². The number of aryl methyl sites for hydroxylation is 1. The Labute approximate surface area is 110 Å². The number of nitrogens with zero attached hydrogens (tertiary/aromatic N) is 4. The zero-order valence-electron chi connectivity index (χ0n) is 10.8. The van der Waals surface area contributed by atoms with Crippen molar-refractivity contribution >= 4 is 11.8 Å². The fourth-order valence-corrected chi connectivity index (χ4v) is 1.94. The van der Waals surface area contributed by atoms with Crippen molar-refractivity contribution in [3.63, 3.8) is 0 Å². The van der Waals surface area contributed by atoms with Gasteiger partial charge >= 0.3 is 5.97 Å². The van der Waals surface area contributed by atoms with Gasteiger partial charge in [-0.3, -0.25) is 0 Å². The Morgan fingerprint density at radius 3 is 2.89 bits per heavy atom. The number of rotatable bonds is 2. The molecule has 0 spiro atoms. The van der Waals surface area contributed by atoms with Crippen LogP contribution in [0.1, 0.15) is 16.8 Å². The quantitative estimate of drug-likeness (QED) is 0.815. The standard InChI is InChI=1S/C12H14N4O3/c1-7-8(2)14-15-11(9(7)5-13)16-3-4-19-10(6-16)12(17)18/h10H,3-4,6H2,1-2H3,(H,17,18). The summed E-state index contributed by atoms with van der Waals surface area (Å²) in [6.07, 6.45) is -0.899. The predicted molar refractivity (Wildman–Crippen MR) is 65.8 cm³/mol. The minimum Gasteiger partial charge on any atom is -0.479 e. The molecule has 100 valence electrons. The summed E-state index contributed by atoms with van der Waals surface area (Å²) in [6, 6.07) is 2.11. The van der Waals surface area contributed by atoms with Crippen LogP contribution in [-0.4, -0.2) is 47.1 Å². The Hall–Kier alpha value is -2.20. The first-order chi connectivity index (χ1) is 9.04. The van der Waals surface area contributed by atoms with Gasteiger partial charge in [0.25, 0.3) is 0 Å². The van der Waals surface area contributed by atoms with Gasteiger partial charge in [0.2, 0.25) is 0 Å². The highest BCUT2D eigenvalue weighted by Gasteiger charge is 2.29. The summed E-state index contributed by atoms with van der Waals surface area (Å²) in [4.78, 5) is 12.7. The summed E-state index contributed by atoms with van der Waals surface area (Å²) >= 11 is 0. The van der Waals surface area contributed by atoms with Gasteiger partial charge in [0.1, 0.15) is 11.6 Å². The van der Waals surface area contributed by atoms with Crippen LogP contribution in [0.3, 0.4) is 0 Å².